The van der Waals surface area contributed by atoms with Gasteiger partial charge in [0.05, 0.1) is 5.75 Å². The first-order valence-corrected chi connectivity index (χ1v) is 9.86. The minimum atomic E-state index is -3.57. The Hall–Kier alpha value is -1.40. The summed E-state index contributed by atoms with van der Waals surface area (Å²) in [6.07, 6.45) is 6.04. The van der Waals surface area contributed by atoms with Crippen molar-refractivity contribution in [3.8, 4) is 0 Å². The molecule has 130 valence electrons. The van der Waals surface area contributed by atoms with Gasteiger partial charge in [0.2, 0.25) is 10.0 Å². The zero-order valence-corrected chi connectivity index (χ0v) is 14.5. The first kappa shape index (κ1) is 19.6. The maximum atomic E-state index is 12.1. The van der Waals surface area contributed by atoms with Crippen LogP contribution in [0, 0.1) is 0 Å². The van der Waals surface area contributed by atoms with E-state index in [1.807, 2.05) is 6.07 Å². The van der Waals surface area contributed by atoms with Gasteiger partial charge < -0.3 is 5.11 Å². The van der Waals surface area contributed by atoms with E-state index in [2.05, 4.69) is 11.6 Å². The quantitative estimate of drug-likeness (QED) is 0.573. The number of carboxylic acids is 1. The molecule has 6 heteroatoms. The standard InChI is InChI=1S/C17H27NO4S/c1-2-3-4-5-6-10-13-23(21,22)18-16(17(19)20)14-15-11-8-7-9-12-15/h7-9,11-12,16,18H,2-6,10,13-14H2,1H3,(H,19,20)/t16-/m0/s1. The van der Waals surface area contributed by atoms with Crippen LogP contribution in [0.15, 0.2) is 30.3 Å². The minimum Gasteiger partial charge on any atom is -0.480 e. The van der Waals surface area contributed by atoms with Crippen LogP contribution in [0.25, 0.3) is 0 Å². The predicted molar refractivity (Wildman–Crippen MR) is 91.9 cm³/mol. The van der Waals surface area contributed by atoms with Crippen molar-refractivity contribution in [2.24, 2.45) is 0 Å². The number of unbranched alkanes of at least 4 members (excludes halogenated alkanes) is 5. The van der Waals surface area contributed by atoms with Gasteiger partial charge in [0, 0.05) is 0 Å². The Morgan fingerprint density at radius 2 is 1.70 bits per heavy atom. The highest BCUT2D eigenvalue weighted by Crippen LogP contribution is 2.08. The molecule has 0 heterocycles. The largest absolute Gasteiger partial charge is 0.480 e. The molecule has 1 aromatic rings. The molecule has 0 aliphatic rings. The van der Waals surface area contributed by atoms with E-state index in [9.17, 15) is 18.3 Å². The highest BCUT2D eigenvalue weighted by Gasteiger charge is 2.23. The van der Waals surface area contributed by atoms with Gasteiger partial charge in [-0.25, -0.2) is 13.1 Å². The zero-order valence-electron chi connectivity index (χ0n) is 13.7. The number of aliphatic carboxylic acids is 1. The third kappa shape index (κ3) is 8.71. The Morgan fingerprint density at radius 1 is 1.09 bits per heavy atom. The summed E-state index contributed by atoms with van der Waals surface area (Å²) in [6.45, 7) is 2.13. The fourth-order valence-electron chi connectivity index (χ4n) is 2.38. The van der Waals surface area contributed by atoms with Crippen molar-refractivity contribution in [2.75, 3.05) is 5.75 Å². The van der Waals surface area contributed by atoms with E-state index in [1.54, 1.807) is 24.3 Å². The van der Waals surface area contributed by atoms with Gasteiger partial charge in [0.25, 0.3) is 0 Å². The van der Waals surface area contributed by atoms with Crippen molar-refractivity contribution >= 4 is 16.0 Å². The summed E-state index contributed by atoms with van der Waals surface area (Å²) >= 11 is 0. The van der Waals surface area contributed by atoms with Crippen LogP contribution < -0.4 is 4.72 Å². The van der Waals surface area contributed by atoms with E-state index < -0.39 is 22.0 Å². The van der Waals surface area contributed by atoms with Gasteiger partial charge in [-0.3, -0.25) is 4.79 Å². The maximum absolute atomic E-state index is 12.1. The zero-order chi connectivity index (χ0) is 17.1. The van der Waals surface area contributed by atoms with Crippen molar-refractivity contribution in [1.29, 1.82) is 0 Å². The molecular weight excluding hydrogens is 314 g/mol. The number of nitrogens with one attached hydrogen (secondary N) is 1. The first-order valence-electron chi connectivity index (χ1n) is 8.21. The maximum Gasteiger partial charge on any atom is 0.322 e. The number of benzene rings is 1. The summed E-state index contributed by atoms with van der Waals surface area (Å²) in [5.41, 5.74) is 0.794. The first-order chi connectivity index (χ1) is 10.9. The van der Waals surface area contributed by atoms with Gasteiger partial charge in [0.15, 0.2) is 0 Å². The fourth-order valence-corrected chi connectivity index (χ4v) is 3.70. The molecule has 0 aliphatic carbocycles. The van der Waals surface area contributed by atoms with Gasteiger partial charge in [-0.2, -0.15) is 0 Å². The summed E-state index contributed by atoms with van der Waals surface area (Å²) in [7, 11) is -3.57. The molecule has 0 saturated carbocycles. The van der Waals surface area contributed by atoms with Crippen LogP contribution in [0.1, 0.15) is 51.0 Å². The van der Waals surface area contributed by atoms with Gasteiger partial charge in [-0.1, -0.05) is 69.4 Å². The average molecular weight is 341 g/mol. The predicted octanol–water partition coefficient (Wildman–Crippen LogP) is 2.96. The molecule has 0 fully saturated rings. The van der Waals surface area contributed by atoms with Gasteiger partial charge in [-0.05, 0) is 18.4 Å². The molecule has 0 bridgehead atoms. The van der Waals surface area contributed by atoms with Crippen LogP contribution in [0.2, 0.25) is 0 Å². The number of rotatable bonds is 12. The normalized spacial score (nSPS) is 12.9. The van der Waals surface area contributed by atoms with Crippen molar-refractivity contribution in [3.05, 3.63) is 35.9 Å². The molecule has 1 atom stereocenters. The third-order valence-electron chi connectivity index (χ3n) is 3.67. The lowest BCUT2D eigenvalue weighted by atomic mass is 10.1. The van der Waals surface area contributed by atoms with Crippen molar-refractivity contribution in [3.63, 3.8) is 0 Å². The highest BCUT2D eigenvalue weighted by atomic mass is 32.2. The molecule has 23 heavy (non-hydrogen) atoms. The molecule has 0 aromatic heterocycles. The van der Waals surface area contributed by atoms with Crippen LogP contribution >= 0.6 is 0 Å². The Bertz CT molecular complexity index is 557. The van der Waals surface area contributed by atoms with Crippen molar-refractivity contribution in [2.45, 2.75) is 57.9 Å². The second-order valence-corrected chi connectivity index (χ2v) is 7.66. The Morgan fingerprint density at radius 3 is 2.30 bits per heavy atom. The molecule has 1 aromatic carbocycles. The molecule has 0 amide bonds. The van der Waals surface area contributed by atoms with Crippen LogP contribution in [-0.4, -0.2) is 31.3 Å². The smallest absolute Gasteiger partial charge is 0.322 e. The number of hydrogen-bond donors (Lipinski definition) is 2. The van der Waals surface area contributed by atoms with Crippen LogP contribution in [-0.2, 0) is 21.2 Å². The number of hydrogen-bond acceptors (Lipinski definition) is 3. The van der Waals surface area contributed by atoms with E-state index in [0.717, 1.165) is 31.2 Å². The Kier molecular flexibility index (Phi) is 8.87. The van der Waals surface area contributed by atoms with Gasteiger partial charge in [-0.15, -0.1) is 0 Å². The summed E-state index contributed by atoms with van der Waals surface area (Å²) in [4.78, 5) is 11.3. The van der Waals surface area contributed by atoms with Crippen LogP contribution in [0.4, 0.5) is 0 Å². The lowest BCUT2D eigenvalue weighted by molar-refractivity contribution is -0.138. The van der Waals surface area contributed by atoms with Crippen LogP contribution in [0.3, 0.4) is 0 Å². The summed E-state index contributed by atoms with van der Waals surface area (Å²) in [5.74, 6) is -1.17. The summed E-state index contributed by atoms with van der Waals surface area (Å²) in [6, 6.07) is 7.90. The molecule has 2 N–H and O–H groups in total. The fraction of sp³-hybridized carbons (Fsp3) is 0.588. The van der Waals surface area contributed by atoms with E-state index in [0.29, 0.717) is 6.42 Å². The Labute approximate surface area is 139 Å². The molecule has 1 rings (SSSR count). The summed E-state index contributed by atoms with van der Waals surface area (Å²) in [5, 5.41) is 9.24. The van der Waals surface area contributed by atoms with E-state index in [1.165, 1.54) is 6.42 Å². The number of carbonyl (C=O) groups is 1. The Balaban J connectivity index is 2.46. The second kappa shape index (κ2) is 10.4. The highest BCUT2D eigenvalue weighted by molar-refractivity contribution is 7.89. The topological polar surface area (TPSA) is 83.5 Å². The van der Waals surface area contributed by atoms with Gasteiger partial charge >= 0.3 is 5.97 Å². The molecule has 0 spiro atoms. The van der Waals surface area contributed by atoms with Gasteiger partial charge in [0.1, 0.15) is 6.04 Å². The monoisotopic (exact) mass is 341 g/mol. The number of carboxylic acid groups (broad SMARTS) is 1. The lowest BCUT2D eigenvalue weighted by Crippen LogP contribution is -2.43. The average Bonchev–Trinajstić information content (AvgIpc) is 2.51. The second-order valence-electron chi connectivity index (χ2n) is 5.79. The van der Waals surface area contributed by atoms with Crippen molar-refractivity contribution < 1.29 is 18.3 Å². The van der Waals surface area contributed by atoms with E-state index in [-0.39, 0.29) is 12.2 Å². The van der Waals surface area contributed by atoms with Crippen LogP contribution in [0.5, 0.6) is 0 Å². The van der Waals surface area contributed by atoms with E-state index >= 15 is 0 Å². The number of sulfonamides is 1. The van der Waals surface area contributed by atoms with Crippen molar-refractivity contribution in [1.82, 2.24) is 4.72 Å². The molecule has 0 aliphatic heterocycles. The molecule has 5 nitrogen and oxygen atoms in total. The molecule has 0 saturated heterocycles. The molecule has 0 radical (unpaired) electrons. The SMILES string of the molecule is CCCCCCCCS(=O)(=O)N[C@@H](Cc1ccccc1)C(=O)O. The molecular formula is C17H27NO4S. The molecule has 0 unspecified atom stereocenters. The summed E-state index contributed by atoms with van der Waals surface area (Å²) < 4.78 is 26.4. The lowest BCUT2D eigenvalue weighted by Gasteiger charge is -2.15. The minimum absolute atomic E-state index is 0.0162. The van der Waals surface area contributed by atoms with E-state index in [4.69, 9.17) is 0 Å². The third-order valence-corrected chi connectivity index (χ3v) is 5.14.